The molecule has 0 saturated carbocycles. The second-order valence-electron chi connectivity index (χ2n) is 5.80. The van der Waals surface area contributed by atoms with E-state index in [0.29, 0.717) is 0 Å². The first-order chi connectivity index (χ1) is 10.7. The Morgan fingerprint density at radius 2 is 1.77 bits per heavy atom. The van der Waals surface area contributed by atoms with Crippen molar-refractivity contribution in [2.24, 2.45) is 0 Å². The second kappa shape index (κ2) is 8.71. The highest BCUT2D eigenvalue weighted by atomic mass is 31.2. The molecular formula is C17H29N2O2P. The predicted octanol–water partition coefficient (Wildman–Crippen LogP) is 2.85. The van der Waals surface area contributed by atoms with Gasteiger partial charge >= 0.3 is 0 Å². The standard InChI is InChI=1S/C17H29N2O2P/c1-3-22(20,4-2)17-8-6-16(7-9-17)18-10-5-11-19-12-14-21-15-13-19/h6-9,18H,3-5,10-15H2,1-2H3. The number of rotatable bonds is 8. The van der Waals surface area contributed by atoms with Crippen LogP contribution in [-0.2, 0) is 9.30 Å². The molecule has 0 atom stereocenters. The molecule has 22 heavy (non-hydrogen) atoms. The van der Waals surface area contributed by atoms with Crippen molar-refractivity contribution in [2.75, 3.05) is 57.0 Å². The lowest BCUT2D eigenvalue weighted by Gasteiger charge is -2.26. The summed E-state index contributed by atoms with van der Waals surface area (Å²) < 4.78 is 18.0. The van der Waals surface area contributed by atoms with Crippen molar-refractivity contribution in [3.05, 3.63) is 24.3 Å². The van der Waals surface area contributed by atoms with E-state index in [4.69, 9.17) is 4.74 Å². The summed E-state index contributed by atoms with van der Waals surface area (Å²) in [5, 5.41) is 4.46. The van der Waals surface area contributed by atoms with Crippen molar-refractivity contribution in [1.82, 2.24) is 4.90 Å². The maximum absolute atomic E-state index is 12.7. The fourth-order valence-electron chi connectivity index (χ4n) is 2.80. The number of hydrogen-bond acceptors (Lipinski definition) is 4. The molecule has 0 amide bonds. The van der Waals surface area contributed by atoms with Gasteiger partial charge in [-0.3, -0.25) is 4.90 Å². The largest absolute Gasteiger partial charge is 0.385 e. The summed E-state index contributed by atoms with van der Waals surface area (Å²) in [6.07, 6.45) is 2.62. The Bertz CT molecular complexity index is 476. The first-order valence-electron chi connectivity index (χ1n) is 8.40. The topological polar surface area (TPSA) is 41.6 Å². The molecule has 1 aromatic carbocycles. The third-order valence-electron chi connectivity index (χ3n) is 4.44. The lowest BCUT2D eigenvalue weighted by atomic mass is 10.3. The molecule has 4 nitrogen and oxygen atoms in total. The van der Waals surface area contributed by atoms with Gasteiger partial charge in [-0.15, -0.1) is 0 Å². The van der Waals surface area contributed by atoms with Crippen LogP contribution < -0.4 is 10.6 Å². The van der Waals surface area contributed by atoms with Crippen LogP contribution >= 0.6 is 7.14 Å². The smallest absolute Gasteiger partial charge is 0.115 e. The molecule has 2 rings (SSSR count). The van der Waals surface area contributed by atoms with E-state index in [9.17, 15) is 4.57 Å². The zero-order valence-electron chi connectivity index (χ0n) is 13.9. The maximum atomic E-state index is 12.7. The molecule has 0 aromatic heterocycles. The monoisotopic (exact) mass is 324 g/mol. The van der Waals surface area contributed by atoms with E-state index in [2.05, 4.69) is 22.3 Å². The molecule has 0 bridgehead atoms. The maximum Gasteiger partial charge on any atom is 0.115 e. The fraction of sp³-hybridized carbons (Fsp3) is 0.647. The molecule has 1 heterocycles. The van der Waals surface area contributed by atoms with Gasteiger partial charge in [-0.05, 0) is 37.2 Å². The van der Waals surface area contributed by atoms with Gasteiger partial charge in [-0.25, -0.2) is 0 Å². The van der Waals surface area contributed by atoms with Gasteiger partial charge < -0.3 is 14.6 Å². The Balaban J connectivity index is 1.75. The van der Waals surface area contributed by atoms with Crippen molar-refractivity contribution in [3.63, 3.8) is 0 Å². The number of hydrogen-bond donors (Lipinski definition) is 1. The Hall–Kier alpha value is -0.830. The van der Waals surface area contributed by atoms with E-state index in [0.717, 1.165) is 69.1 Å². The van der Waals surface area contributed by atoms with Crippen LogP contribution in [-0.4, -0.2) is 56.6 Å². The Labute approximate surface area is 134 Å². The average molecular weight is 324 g/mol. The van der Waals surface area contributed by atoms with Crippen LogP contribution in [0.2, 0.25) is 0 Å². The van der Waals surface area contributed by atoms with Gasteiger partial charge in [0.15, 0.2) is 0 Å². The van der Waals surface area contributed by atoms with Crippen LogP contribution in [0.4, 0.5) is 5.69 Å². The molecule has 1 aliphatic heterocycles. The first kappa shape index (κ1) is 17.5. The molecule has 1 aromatic rings. The SMILES string of the molecule is CCP(=O)(CC)c1ccc(NCCCN2CCOCC2)cc1. The van der Waals surface area contributed by atoms with Gasteiger partial charge in [0.2, 0.25) is 0 Å². The summed E-state index contributed by atoms with van der Waals surface area (Å²) >= 11 is 0. The highest BCUT2D eigenvalue weighted by Crippen LogP contribution is 2.43. The molecule has 124 valence electrons. The zero-order chi connectivity index (χ0) is 15.8. The number of nitrogens with zero attached hydrogens (tertiary/aromatic N) is 1. The van der Waals surface area contributed by atoms with Crippen LogP contribution in [0.5, 0.6) is 0 Å². The molecule has 1 saturated heterocycles. The van der Waals surface area contributed by atoms with Gasteiger partial charge in [0.05, 0.1) is 13.2 Å². The highest BCUT2D eigenvalue weighted by molar-refractivity contribution is 7.71. The molecule has 0 spiro atoms. The van der Waals surface area contributed by atoms with Gasteiger partial charge in [0.25, 0.3) is 0 Å². The summed E-state index contributed by atoms with van der Waals surface area (Å²) in [5.74, 6) is 0. The van der Waals surface area contributed by atoms with Crippen LogP contribution in [0.3, 0.4) is 0 Å². The first-order valence-corrected chi connectivity index (χ1v) is 10.5. The van der Waals surface area contributed by atoms with E-state index in [-0.39, 0.29) is 0 Å². The molecule has 0 aliphatic carbocycles. The van der Waals surface area contributed by atoms with Crippen LogP contribution in [0.25, 0.3) is 0 Å². The molecule has 1 N–H and O–H groups in total. The van der Waals surface area contributed by atoms with E-state index in [1.165, 1.54) is 0 Å². The molecule has 0 radical (unpaired) electrons. The highest BCUT2D eigenvalue weighted by Gasteiger charge is 2.19. The summed E-state index contributed by atoms with van der Waals surface area (Å²) in [5.41, 5.74) is 1.12. The average Bonchev–Trinajstić information content (AvgIpc) is 2.59. The van der Waals surface area contributed by atoms with E-state index >= 15 is 0 Å². The van der Waals surface area contributed by atoms with Crippen LogP contribution in [0, 0.1) is 0 Å². The number of morpholine rings is 1. The Kier molecular flexibility index (Phi) is 6.94. The van der Waals surface area contributed by atoms with E-state index in [1.54, 1.807) is 0 Å². The van der Waals surface area contributed by atoms with Crippen LogP contribution in [0.15, 0.2) is 24.3 Å². The van der Waals surface area contributed by atoms with Gasteiger partial charge in [-0.1, -0.05) is 13.8 Å². The van der Waals surface area contributed by atoms with E-state index < -0.39 is 7.14 Å². The lowest BCUT2D eigenvalue weighted by molar-refractivity contribution is 0.0378. The van der Waals surface area contributed by atoms with Crippen molar-refractivity contribution in [3.8, 4) is 0 Å². The van der Waals surface area contributed by atoms with Crippen molar-refractivity contribution in [1.29, 1.82) is 0 Å². The van der Waals surface area contributed by atoms with Gasteiger partial charge in [0.1, 0.15) is 7.14 Å². The fourth-order valence-corrected chi connectivity index (χ4v) is 4.67. The van der Waals surface area contributed by atoms with Crippen molar-refractivity contribution < 1.29 is 9.30 Å². The molecule has 1 fully saturated rings. The minimum absolute atomic E-state index is 0.746. The summed E-state index contributed by atoms with van der Waals surface area (Å²) in [4.78, 5) is 2.45. The molecular weight excluding hydrogens is 295 g/mol. The number of benzene rings is 1. The van der Waals surface area contributed by atoms with Crippen molar-refractivity contribution in [2.45, 2.75) is 20.3 Å². The summed E-state index contributed by atoms with van der Waals surface area (Å²) in [6.45, 7) is 9.96. The Morgan fingerprint density at radius 3 is 2.36 bits per heavy atom. The lowest BCUT2D eigenvalue weighted by Crippen LogP contribution is -2.37. The third-order valence-corrected chi connectivity index (χ3v) is 7.73. The minimum Gasteiger partial charge on any atom is -0.385 e. The summed E-state index contributed by atoms with van der Waals surface area (Å²) in [6, 6.07) is 8.17. The number of nitrogens with one attached hydrogen (secondary N) is 1. The third kappa shape index (κ3) is 4.84. The minimum atomic E-state index is -2.15. The van der Waals surface area contributed by atoms with Crippen molar-refractivity contribution >= 4 is 18.1 Å². The second-order valence-corrected chi connectivity index (χ2v) is 9.36. The Morgan fingerprint density at radius 1 is 1.14 bits per heavy atom. The molecule has 1 aliphatic rings. The summed E-state index contributed by atoms with van der Waals surface area (Å²) in [7, 11) is -2.15. The predicted molar refractivity (Wildman–Crippen MR) is 95.1 cm³/mol. The normalized spacial score (nSPS) is 16.6. The quantitative estimate of drug-likeness (QED) is 0.590. The van der Waals surface area contributed by atoms with Gasteiger partial charge in [-0.2, -0.15) is 0 Å². The van der Waals surface area contributed by atoms with Crippen LogP contribution in [0.1, 0.15) is 20.3 Å². The number of ether oxygens (including phenoxy) is 1. The molecule has 5 heteroatoms. The van der Waals surface area contributed by atoms with Gasteiger partial charge in [0, 0.05) is 43.0 Å². The van der Waals surface area contributed by atoms with E-state index in [1.807, 2.05) is 26.0 Å². The zero-order valence-corrected chi connectivity index (χ0v) is 14.8. The molecule has 0 unspecified atom stereocenters. The number of anilines is 1.